The fourth-order valence-corrected chi connectivity index (χ4v) is 3.15. The van der Waals surface area contributed by atoms with Crippen molar-refractivity contribution in [3.63, 3.8) is 0 Å². The highest BCUT2D eigenvalue weighted by molar-refractivity contribution is 6.04. The molecule has 0 unspecified atom stereocenters. The molecule has 4 rings (SSSR count). The van der Waals surface area contributed by atoms with Gasteiger partial charge < -0.3 is 14.7 Å². The molecule has 0 atom stereocenters. The van der Waals surface area contributed by atoms with Gasteiger partial charge in [0.05, 0.1) is 0 Å². The van der Waals surface area contributed by atoms with Gasteiger partial charge in [-0.05, 0) is 31.0 Å². The molecular formula is C21H19N3O3. The van der Waals surface area contributed by atoms with E-state index < -0.39 is 0 Å². The first-order valence-corrected chi connectivity index (χ1v) is 8.94. The van der Waals surface area contributed by atoms with Crippen LogP contribution in [0.4, 0.5) is 11.4 Å². The van der Waals surface area contributed by atoms with E-state index in [0.29, 0.717) is 24.4 Å². The molecule has 1 aliphatic rings. The number of amides is 2. The SMILES string of the molecule is O=C(Nc1cccc(N2CCCCC2=O)c1)c1cc(-c2ccccc2)on1. The summed E-state index contributed by atoms with van der Waals surface area (Å²) in [4.78, 5) is 26.4. The second-order valence-corrected chi connectivity index (χ2v) is 6.45. The lowest BCUT2D eigenvalue weighted by atomic mass is 10.1. The normalized spacial score (nSPS) is 14.2. The number of hydrogen-bond donors (Lipinski definition) is 1. The number of hydrogen-bond acceptors (Lipinski definition) is 4. The summed E-state index contributed by atoms with van der Waals surface area (Å²) in [5, 5.41) is 6.68. The molecule has 2 aromatic carbocycles. The highest BCUT2D eigenvalue weighted by Crippen LogP contribution is 2.25. The summed E-state index contributed by atoms with van der Waals surface area (Å²) in [5.41, 5.74) is 2.46. The van der Waals surface area contributed by atoms with E-state index in [0.717, 1.165) is 24.1 Å². The molecule has 1 N–H and O–H groups in total. The molecule has 1 aliphatic heterocycles. The Kier molecular flexibility index (Phi) is 4.70. The number of piperidine rings is 1. The summed E-state index contributed by atoms with van der Waals surface area (Å²) in [5.74, 6) is 0.296. The average Bonchev–Trinajstić information content (AvgIpc) is 3.20. The van der Waals surface area contributed by atoms with Crippen LogP contribution in [0.15, 0.2) is 65.2 Å². The van der Waals surface area contributed by atoms with Crippen LogP contribution in [0, 0.1) is 0 Å². The van der Waals surface area contributed by atoms with Gasteiger partial charge in [-0.2, -0.15) is 0 Å². The maximum atomic E-state index is 12.5. The molecule has 1 saturated heterocycles. The summed E-state index contributed by atoms with van der Waals surface area (Å²) in [6.45, 7) is 0.708. The van der Waals surface area contributed by atoms with Gasteiger partial charge in [-0.1, -0.05) is 41.6 Å². The van der Waals surface area contributed by atoms with Gasteiger partial charge in [0.1, 0.15) is 0 Å². The van der Waals surface area contributed by atoms with Crippen LogP contribution in [0.2, 0.25) is 0 Å². The Morgan fingerprint density at radius 1 is 1.04 bits per heavy atom. The Balaban J connectivity index is 1.49. The maximum Gasteiger partial charge on any atom is 0.277 e. The van der Waals surface area contributed by atoms with E-state index >= 15 is 0 Å². The molecule has 136 valence electrons. The van der Waals surface area contributed by atoms with Gasteiger partial charge in [-0.3, -0.25) is 9.59 Å². The van der Waals surface area contributed by atoms with Crippen LogP contribution in [0.1, 0.15) is 29.8 Å². The van der Waals surface area contributed by atoms with Crippen LogP contribution >= 0.6 is 0 Å². The molecule has 1 aromatic heterocycles. The van der Waals surface area contributed by atoms with Crippen molar-refractivity contribution in [2.24, 2.45) is 0 Å². The van der Waals surface area contributed by atoms with E-state index in [2.05, 4.69) is 10.5 Å². The number of nitrogens with one attached hydrogen (secondary N) is 1. The Hall–Kier alpha value is -3.41. The zero-order valence-electron chi connectivity index (χ0n) is 14.7. The predicted octanol–water partition coefficient (Wildman–Crippen LogP) is 4.11. The Morgan fingerprint density at radius 2 is 1.89 bits per heavy atom. The number of carbonyl (C=O) groups excluding carboxylic acids is 2. The van der Waals surface area contributed by atoms with E-state index in [-0.39, 0.29) is 17.5 Å². The molecule has 6 heteroatoms. The Morgan fingerprint density at radius 3 is 2.70 bits per heavy atom. The van der Waals surface area contributed by atoms with Gasteiger partial charge in [-0.25, -0.2) is 0 Å². The molecule has 0 aliphatic carbocycles. The molecule has 2 amide bonds. The number of anilines is 2. The standard InChI is InChI=1S/C21H19N3O3/c25-20-11-4-5-12-24(20)17-10-6-9-16(13-17)22-21(26)18-14-19(27-23-18)15-7-2-1-3-8-15/h1-3,6-10,13-14H,4-5,11-12H2,(H,22,26). The molecule has 0 saturated carbocycles. The molecule has 6 nitrogen and oxygen atoms in total. The van der Waals surface area contributed by atoms with E-state index in [1.807, 2.05) is 42.5 Å². The molecule has 0 radical (unpaired) electrons. The second-order valence-electron chi connectivity index (χ2n) is 6.45. The number of carbonyl (C=O) groups is 2. The Bertz CT molecular complexity index is 966. The molecule has 0 spiro atoms. The van der Waals surface area contributed by atoms with Crippen molar-refractivity contribution in [1.82, 2.24) is 5.16 Å². The highest BCUT2D eigenvalue weighted by Gasteiger charge is 2.20. The van der Waals surface area contributed by atoms with Crippen LogP contribution in [-0.4, -0.2) is 23.5 Å². The first-order valence-electron chi connectivity index (χ1n) is 8.94. The fourth-order valence-electron chi connectivity index (χ4n) is 3.15. The number of nitrogens with zero attached hydrogens (tertiary/aromatic N) is 2. The molecule has 0 bridgehead atoms. The van der Waals surface area contributed by atoms with Crippen LogP contribution in [0.3, 0.4) is 0 Å². The fraction of sp³-hybridized carbons (Fsp3) is 0.190. The van der Waals surface area contributed by atoms with Crippen molar-refractivity contribution in [3.8, 4) is 11.3 Å². The van der Waals surface area contributed by atoms with Crippen molar-refractivity contribution in [1.29, 1.82) is 0 Å². The zero-order chi connectivity index (χ0) is 18.6. The van der Waals surface area contributed by atoms with Gasteiger partial charge >= 0.3 is 0 Å². The maximum absolute atomic E-state index is 12.5. The van der Waals surface area contributed by atoms with Crippen LogP contribution in [0.5, 0.6) is 0 Å². The van der Waals surface area contributed by atoms with Gasteiger partial charge in [0.15, 0.2) is 11.5 Å². The number of benzene rings is 2. The van der Waals surface area contributed by atoms with Crippen LogP contribution in [-0.2, 0) is 4.79 Å². The van der Waals surface area contributed by atoms with E-state index in [1.165, 1.54) is 0 Å². The predicted molar refractivity (Wildman–Crippen MR) is 103 cm³/mol. The number of rotatable bonds is 4. The van der Waals surface area contributed by atoms with Crippen LogP contribution in [0.25, 0.3) is 11.3 Å². The second kappa shape index (κ2) is 7.45. The summed E-state index contributed by atoms with van der Waals surface area (Å²) < 4.78 is 5.28. The first-order chi connectivity index (χ1) is 13.2. The molecule has 1 fully saturated rings. The minimum absolute atomic E-state index is 0.119. The van der Waals surface area contributed by atoms with Crippen LogP contribution < -0.4 is 10.2 Å². The van der Waals surface area contributed by atoms with Gasteiger partial charge in [0, 0.05) is 36.0 Å². The lowest BCUT2D eigenvalue weighted by molar-refractivity contribution is -0.119. The van der Waals surface area contributed by atoms with Crippen molar-refractivity contribution in [2.45, 2.75) is 19.3 Å². The summed E-state index contributed by atoms with van der Waals surface area (Å²) >= 11 is 0. The molecule has 2 heterocycles. The highest BCUT2D eigenvalue weighted by atomic mass is 16.5. The molecule has 3 aromatic rings. The zero-order valence-corrected chi connectivity index (χ0v) is 14.7. The van der Waals surface area contributed by atoms with Crippen molar-refractivity contribution >= 4 is 23.2 Å². The third-order valence-corrected chi connectivity index (χ3v) is 4.54. The Labute approximate surface area is 156 Å². The van der Waals surface area contributed by atoms with Gasteiger partial charge in [0.25, 0.3) is 5.91 Å². The van der Waals surface area contributed by atoms with E-state index in [1.54, 1.807) is 23.1 Å². The largest absolute Gasteiger partial charge is 0.355 e. The molecular weight excluding hydrogens is 342 g/mol. The van der Waals surface area contributed by atoms with Crippen molar-refractivity contribution < 1.29 is 14.1 Å². The van der Waals surface area contributed by atoms with Crippen molar-refractivity contribution in [2.75, 3.05) is 16.8 Å². The first kappa shape index (κ1) is 17.0. The minimum Gasteiger partial charge on any atom is -0.355 e. The smallest absolute Gasteiger partial charge is 0.277 e. The third kappa shape index (κ3) is 3.74. The van der Waals surface area contributed by atoms with E-state index in [9.17, 15) is 9.59 Å². The number of aromatic nitrogens is 1. The lowest BCUT2D eigenvalue weighted by Crippen LogP contribution is -2.35. The van der Waals surface area contributed by atoms with Crippen molar-refractivity contribution in [3.05, 3.63) is 66.4 Å². The topological polar surface area (TPSA) is 75.4 Å². The summed E-state index contributed by atoms with van der Waals surface area (Å²) in [7, 11) is 0. The average molecular weight is 361 g/mol. The quantitative estimate of drug-likeness (QED) is 0.759. The summed E-state index contributed by atoms with van der Waals surface area (Å²) in [6, 6.07) is 18.4. The van der Waals surface area contributed by atoms with Gasteiger partial charge in [-0.15, -0.1) is 0 Å². The van der Waals surface area contributed by atoms with Gasteiger partial charge in [0.2, 0.25) is 5.91 Å². The minimum atomic E-state index is -0.358. The lowest BCUT2D eigenvalue weighted by Gasteiger charge is -2.27. The molecule has 27 heavy (non-hydrogen) atoms. The third-order valence-electron chi connectivity index (χ3n) is 4.54. The monoisotopic (exact) mass is 361 g/mol. The van der Waals surface area contributed by atoms with E-state index in [4.69, 9.17) is 4.52 Å². The summed E-state index contributed by atoms with van der Waals surface area (Å²) in [6.07, 6.45) is 2.49.